The minimum Gasteiger partial charge on any atom is -0.496 e. The van der Waals surface area contributed by atoms with Gasteiger partial charge in [-0.05, 0) is 45.8 Å². The maximum atomic E-state index is 12.5. The molecule has 0 radical (unpaired) electrons. The summed E-state index contributed by atoms with van der Waals surface area (Å²) in [5.74, 6) is 0.915. The van der Waals surface area contributed by atoms with E-state index in [1.807, 2.05) is 38.1 Å². The third kappa shape index (κ3) is 4.23. The van der Waals surface area contributed by atoms with Crippen LogP contribution in [0.25, 0.3) is 0 Å². The van der Waals surface area contributed by atoms with Gasteiger partial charge >= 0.3 is 0 Å². The number of hydrogen-bond acceptors (Lipinski definition) is 3. The molecule has 0 bridgehead atoms. The number of carbonyl (C=O) groups is 1. The lowest BCUT2D eigenvalue weighted by molar-refractivity contribution is -0.126. The van der Waals surface area contributed by atoms with Crippen molar-refractivity contribution in [2.24, 2.45) is 0 Å². The van der Waals surface area contributed by atoms with Crippen molar-refractivity contribution in [3.63, 3.8) is 0 Å². The summed E-state index contributed by atoms with van der Waals surface area (Å²) >= 11 is 0. The lowest BCUT2D eigenvalue weighted by atomic mass is 10.1. The molecule has 122 valence electrons. The number of likely N-dealkylation sites (tertiary alicyclic amines) is 1. The Labute approximate surface area is 133 Å². The maximum Gasteiger partial charge on any atom is 0.237 e. The molecule has 1 aromatic rings. The first-order chi connectivity index (χ1) is 10.6. The third-order valence-electron chi connectivity index (χ3n) is 4.53. The molecular weight excluding hydrogens is 276 g/mol. The Hall–Kier alpha value is -1.55. The second kappa shape index (κ2) is 8.18. The fourth-order valence-corrected chi connectivity index (χ4v) is 3.08. The number of ether oxygens (including phenoxy) is 1. The summed E-state index contributed by atoms with van der Waals surface area (Å²) in [6, 6.07) is 7.71. The first kappa shape index (κ1) is 16.8. The number of nitrogens with zero attached hydrogens (tertiary/aromatic N) is 1. The molecule has 1 saturated heterocycles. The van der Waals surface area contributed by atoms with Gasteiger partial charge in [-0.2, -0.15) is 0 Å². The number of carbonyl (C=O) groups excluding carboxylic acids is 1. The van der Waals surface area contributed by atoms with Crippen molar-refractivity contribution in [3.05, 3.63) is 29.8 Å². The fraction of sp³-hybridized carbons (Fsp3) is 0.611. The fourth-order valence-electron chi connectivity index (χ4n) is 3.08. The summed E-state index contributed by atoms with van der Waals surface area (Å²) in [6.07, 6.45) is 4.95. The van der Waals surface area contributed by atoms with Gasteiger partial charge in [-0.25, -0.2) is 0 Å². The molecule has 22 heavy (non-hydrogen) atoms. The SMILES string of the molecule is COc1ccccc1C(C)NC(=O)C(C)N1CCCCCC1. The van der Waals surface area contributed by atoms with Crippen molar-refractivity contribution in [1.29, 1.82) is 0 Å². The van der Waals surface area contributed by atoms with E-state index in [1.54, 1.807) is 7.11 Å². The van der Waals surface area contributed by atoms with Crippen LogP contribution in [0.1, 0.15) is 51.1 Å². The van der Waals surface area contributed by atoms with Gasteiger partial charge in [0.05, 0.1) is 19.2 Å². The molecule has 0 saturated carbocycles. The molecular formula is C18H28N2O2. The summed E-state index contributed by atoms with van der Waals surface area (Å²) < 4.78 is 5.38. The highest BCUT2D eigenvalue weighted by Crippen LogP contribution is 2.24. The number of benzene rings is 1. The minimum absolute atomic E-state index is 0.0573. The van der Waals surface area contributed by atoms with Crippen LogP contribution in [0, 0.1) is 0 Å². The van der Waals surface area contributed by atoms with E-state index in [1.165, 1.54) is 25.7 Å². The van der Waals surface area contributed by atoms with Crippen LogP contribution < -0.4 is 10.1 Å². The molecule has 4 nitrogen and oxygen atoms in total. The Morgan fingerprint density at radius 3 is 2.41 bits per heavy atom. The van der Waals surface area contributed by atoms with Crippen LogP contribution in [0.4, 0.5) is 0 Å². The number of hydrogen-bond donors (Lipinski definition) is 1. The number of methoxy groups -OCH3 is 1. The van der Waals surface area contributed by atoms with Gasteiger partial charge < -0.3 is 10.1 Å². The summed E-state index contributed by atoms with van der Waals surface area (Å²) in [6.45, 7) is 6.07. The zero-order valence-electron chi connectivity index (χ0n) is 14.0. The van der Waals surface area contributed by atoms with E-state index in [9.17, 15) is 4.79 Å². The lowest BCUT2D eigenvalue weighted by Crippen LogP contribution is -2.46. The lowest BCUT2D eigenvalue weighted by Gasteiger charge is -2.28. The highest BCUT2D eigenvalue weighted by atomic mass is 16.5. The number of amides is 1. The van der Waals surface area contributed by atoms with E-state index in [4.69, 9.17) is 4.74 Å². The maximum absolute atomic E-state index is 12.5. The Balaban J connectivity index is 1.97. The molecule has 2 atom stereocenters. The molecule has 0 aromatic heterocycles. The molecule has 2 rings (SSSR count). The van der Waals surface area contributed by atoms with Gasteiger partial charge in [0.25, 0.3) is 0 Å². The summed E-state index contributed by atoms with van der Waals surface area (Å²) in [5, 5.41) is 3.13. The van der Waals surface area contributed by atoms with Crippen LogP contribution in [0.15, 0.2) is 24.3 Å². The molecule has 0 aliphatic carbocycles. The van der Waals surface area contributed by atoms with E-state index in [0.717, 1.165) is 24.4 Å². The predicted octanol–water partition coefficient (Wildman–Crippen LogP) is 3.14. The molecule has 4 heteroatoms. The standard InChI is InChI=1S/C18H28N2O2/c1-14(16-10-6-7-11-17(16)22-3)19-18(21)15(2)20-12-8-4-5-9-13-20/h6-7,10-11,14-15H,4-5,8-9,12-13H2,1-3H3,(H,19,21). The highest BCUT2D eigenvalue weighted by molar-refractivity contribution is 5.81. The summed E-state index contributed by atoms with van der Waals surface area (Å²) in [5.41, 5.74) is 1.02. The van der Waals surface area contributed by atoms with Crippen LogP contribution in [-0.4, -0.2) is 37.0 Å². The van der Waals surface area contributed by atoms with Crippen molar-refractivity contribution in [3.8, 4) is 5.75 Å². The molecule has 2 unspecified atom stereocenters. The Morgan fingerprint density at radius 1 is 1.14 bits per heavy atom. The first-order valence-corrected chi connectivity index (χ1v) is 8.31. The van der Waals surface area contributed by atoms with E-state index in [-0.39, 0.29) is 18.0 Å². The number of para-hydroxylation sites is 1. The van der Waals surface area contributed by atoms with E-state index < -0.39 is 0 Å². The third-order valence-corrected chi connectivity index (χ3v) is 4.53. The monoisotopic (exact) mass is 304 g/mol. The van der Waals surface area contributed by atoms with E-state index >= 15 is 0 Å². The molecule has 1 aliphatic rings. The topological polar surface area (TPSA) is 41.6 Å². The minimum atomic E-state index is -0.0738. The molecule has 0 spiro atoms. The second-order valence-electron chi connectivity index (χ2n) is 6.10. The molecule has 1 heterocycles. The van der Waals surface area contributed by atoms with Gasteiger partial charge in [0, 0.05) is 5.56 Å². The summed E-state index contributed by atoms with van der Waals surface area (Å²) in [7, 11) is 1.66. The van der Waals surface area contributed by atoms with Crippen LogP contribution in [-0.2, 0) is 4.79 Å². The predicted molar refractivity (Wildman–Crippen MR) is 89.1 cm³/mol. The van der Waals surface area contributed by atoms with Crippen molar-refractivity contribution in [2.45, 2.75) is 51.6 Å². The van der Waals surface area contributed by atoms with Crippen molar-refractivity contribution >= 4 is 5.91 Å². The van der Waals surface area contributed by atoms with Crippen molar-refractivity contribution < 1.29 is 9.53 Å². The first-order valence-electron chi connectivity index (χ1n) is 8.31. The zero-order chi connectivity index (χ0) is 15.9. The van der Waals surface area contributed by atoms with Gasteiger partial charge in [-0.1, -0.05) is 31.0 Å². The van der Waals surface area contributed by atoms with E-state index in [0.29, 0.717) is 0 Å². The molecule has 1 aliphatic heterocycles. The normalized spacial score (nSPS) is 19.0. The molecule has 1 aromatic carbocycles. The Morgan fingerprint density at radius 2 is 1.77 bits per heavy atom. The van der Waals surface area contributed by atoms with Gasteiger partial charge in [0.1, 0.15) is 5.75 Å². The quantitative estimate of drug-likeness (QED) is 0.908. The molecule has 1 amide bonds. The van der Waals surface area contributed by atoms with Crippen LogP contribution >= 0.6 is 0 Å². The van der Waals surface area contributed by atoms with Gasteiger partial charge in [0.15, 0.2) is 0 Å². The second-order valence-corrected chi connectivity index (χ2v) is 6.10. The van der Waals surface area contributed by atoms with Crippen LogP contribution in [0.2, 0.25) is 0 Å². The number of rotatable bonds is 5. The average Bonchev–Trinajstić information content (AvgIpc) is 2.83. The van der Waals surface area contributed by atoms with E-state index in [2.05, 4.69) is 10.2 Å². The highest BCUT2D eigenvalue weighted by Gasteiger charge is 2.24. The van der Waals surface area contributed by atoms with Gasteiger partial charge in [-0.3, -0.25) is 9.69 Å². The number of nitrogens with one attached hydrogen (secondary N) is 1. The van der Waals surface area contributed by atoms with Crippen molar-refractivity contribution in [2.75, 3.05) is 20.2 Å². The Bertz CT molecular complexity index is 482. The average molecular weight is 304 g/mol. The smallest absolute Gasteiger partial charge is 0.237 e. The molecule has 1 fully saturated rings. The van der Waals surface area contributed by atoms with Gasteiger partial charge in [0.2, 0.25) is 5.91 Å². The van der Waals surface area contributed by atoms with Gasteiger partial charge in [-0.15, -0.1) is 0 Å². The molecule has 1 N–H and O–H groups in total. The largest absolute Gasteiger partial charge is 0.496 e. The van der Waals surface area contributed by atoms with Crippen LogP contribution in [0.3, 0.4) is 0 Å². The summed E-state index contributed by atoms with van der Waals surface area (Å²) in [4.78, 5) is 14.8. The Kier molecular flexibility index (Phi) is 6.25. The van der Waals surface area contributed by atoms with Crippen LogP contribution in [0.5, 0.6) is 5.75 Å². The van der Waals surface area contributed by atoms with Crippen molar-refractivity contribution in [1.82, 2.24) is 10.2 Å². The zero-order valence-corrected chi connectivity index (χ0v) is 14.0.